The van der Waals surface area contributed by atoms with Crippen molar-refractivity contribution in [3.05, 3.63) is 0 Å². The zero-order chi connectivity index (χ0) is 9.14. The quantitative estimate of drug-likeness (QED) is 0.674. The van der Waals surface area contributed by atoms with Gasteiger partial charge in [0, 0.05) is 6.54 Å². The number of cyclic esters (lactones) is 1. The van der Waals surface area contributed by atoms with Crippen molar-refractivity contribution in [2.24, 2.45) is 5.92 Å². The number of rotatable bonds is 3. The molecule has 1 atom stereocenters. The maximum absolute atomic E-state index is 11.1. The van der Waals surface area contributed by atoms with Gasteiger partial charge in [-0.2, -0.15) is 0 Å². The predicted molar refractivity (Wildman–Crippen MR) is 43.8 cm³/mol. The molecular weight excluding hydrogens is 158 g/mol. The summed E-state index contributed by atoms with van der Waals surface area (Å²) in [5, 5.41) is 8.89. The summed E-state index contributed by atoms with van der Waals surface area (Å²) in [6.07, 6.45) is -0.303. The van der Waals surface area contributed by atoms with Crippen LogP contribution in [0.3, 0.4) is 0 Å². The Morgan fingerprint density at radius 1 is 1.75 bits per heavy atom. The molecule has 12 heavy (non-hydrogen) atoms. The van der Waals surface area contributed by atoms with Crippen LogP contribution in [0.2, 0.25) is 0 Å². The highest BCUT2D eigenvalue weighted by atomic mass is 16.6. The van der Waals surface area contributed by atoms with Gasteiger partial charge in [-0.3, -0.25) is 4.90 Å². The van der Waals surface area contributed by atoms with Crippen molar-refractivity contribution in [3.63, 3.8) is 0 Å². The van der Waals surface area contributed by atoms with Crippen molar-refractivity contribution in [1.29, 1.82) is 0 Å². The van der Waals surface area contributed by atoms with E-state index >= 15 is 0 Å². The third-order valence-corrected chi connectivity index (χ3v) is 1.85. The summed E-state index contributed by atoms with van der Waals surface area (Å²) in [4.78, 5) is 12.7. The second-order valence-electron chi connectivity index (χ2n) is 3.46. The van der Waals surface area contributed by atoms with Crippen LogP contribution in [0.15, 0.2) is 0 Å². The molecule has 0 aromatic carbocycles. The molecule has 1 heterocycles. The zero-order valence-corrected chi connectivity index (χ0v) is 7.49. The van der Waals surface area contributed by atoms with E-state index in [2.05, 4.69) is 0 Å². The van der Waals surface area contributed by atoms with Crippen LogP contribution in [-0.2, 0) is 4.74 Å². The highest BCUT2D eigenvalue weighted by Crippen LogP contribution is 2.13. The Morgan fingerprint density at radius 3 is 2.92 bits per heavy atom. The van der Waals surface area contributed by atoms with E-state index in [0.29, 0.717) is 19.1 Å². The van der Waals surface area contributed by atoms with Gasteiger partial charge in [-0.05, 0) is 5.92 Å². The fourth-order valence-electron chi connectivity index (χ4n) is 1.26. The van der Waals surface area contributed by atoms with E-state index in [0.717, 1.165) is 0 Å². The average molecular weight is 173 g/mol. The third-order valence-electron chi connectivity index (χ3n) is 1.85. The van der Waals surface area contributed by atoms with E-state index < -0.39 is 0 Å². The molecule has 1 saturated heterocycles. The van der Waals surface area contributed by atoms with Crippen molar-refractivity contribution >= 4 is 6.09 Å². The van der Waals surface area contributed by atoms with Gasteiger partial charge < -0.3 is 9.84 Å². The third kappa shape index (κ3) is 1.88. The van der Waals surface area contributed by atoms with Crippen molar-refractivity contribution in [3.8, 4) is 0 Å². The number of carbonyl (C=O) groups excluding carboxylic acids is 1. The van der Waals surface area contributed by atoms with Gasteiger partial charge in [0.05, 0.1) is 12.6 Å². The van der Waals surface area contributed by atoms with Gasteiger partial charge in [0.2, 0.25) is 0 Å². The number of carbonyl (C=O) groups is 1. The number of aliphatic hydroxyl groups excluding tert-OH is 1. The van der Waals surface area contributed by atoms with Gasteiger partial charge in [-0.25, -0.2) is 4.79 Å². The van der Waals surface area contributed by atoms with E-state index in [-0.39, 0.29) is 18.7 Å². The Morgan fingerprint density at radius 2 is 2.42 bits per heavy atom. The first kappa shape index (κ1) is 9.32. The Bertz CT molecular complexity index is 170. The molecular formula is C8H15NO3. The van der Waals surface area contributed by atoms with Gasteiger partial charge in [0.1, 0.15) is 6.61 Å². The standard InChI is InChI=1S/C8H15NO3/c1-6(2)3-9-7(4-10)5-12-8(9)11/h6-7,10H,3-5H2,1-2H3. The van der Waals surface area contributed by atoms with Crippen LogP contribution in [-0.4, -0.2) is 41.9 Å². The number of hydrogen-bond acceptors (Lipinski definition) is 3. The molecule has 0 radical (unpaired) electrons. The first-order valence-electron chi connectivity index (χ1n) is 4.19. The summed E-state index contributed by atoms with van der Waals surface area (Å²) >= 11 is 0. The van der Waals surface area contributed by atoms with Crippen molar-refractivity contribution in [2.45, 2.75) is 19.9 Å². The average Bonchev–Trinajstić information content (AvgIpc) is 2.32. The lowest BCUT2D eigenvalue weighted by molar-refractivity contribution is 0.147. The van der Waals surface area contributed by atoms with Crippen molar-refractivity contribution < 1.29 is 14.6 Å². The topological polar surface area (TPSA) is 49.8 Å². The SMILES string of the molecule is CC(C)CN1C(=O)OCC1CO. The molecule has 0 aromatic rings. The molecule has 4 nitrogen and oxygen atoms in total. The summed E-state index contributed by atoms with van der Waals surface area (Å²) in [6.45, 7) is 5.02. The van der Waals surface area contributed by atoms with Crippen LogP contribution in [0.4, 0.5) is 4.79 Å². The van der Waals surface area contributed by atoms with Gasteiger partial charge in [-0.15, -0.1) is 0 Å². The van der Waals surface area contributed by atoms with Gasteiger partial charge in [0.25, 0.3) is 0 Å². The van der Waals surface area contributed by atoms with Gasteiger partial charge in [0.15, 0.2) is 0 Å². The van der Waals surface area contributed by atoms with E-state index in [1.807, 2.05) is 13.8 Å². The van der Waals surface area contributed by atoms with Crippen LogP contribution in [0.25, 0.3) is 0 Å². The molecule has 70 valence electrons. The molecule has 1 unspecified atom stereocenters. The minimum Gasteiger partial charge on any atom is -0.447 e. The number of amides is 1. The lowest BCUT2D eigenvalue weighted by Crippen LogP contribution is -2.38. The smallest absolute Gasteiger partial charge is 0.410 e. The Balaban J connectivity index is 2.52. The van der Waals surface area contributed by atoms with Crippen LogP contribution in [0.1, 0.15) is 13.8 Å². The first-order valence-corrected chi connectivity index (χ1v) is 4.19. The summed E-state index contributed by atoms with van der Waals surface area (Å²) in [5.41, 5.74) is 0. The molecule has 0 aliphatic carbocycles. The number of aliphatic hydroxyl groups is 1. The monoisotopic (exact) mass is 173 g/mol. The van der Waals surface area contributed by atoms with Crippen molar-refractivity contribution in [1.82, 2.24) is 4.90 Å². The number of nitrogens with zero attached hydrogens (tertiary/aromatic N) is 1. The van der Waals surface area contributed by atoms with Crippen LogP contribution in [0.5, 0.6) is 0 Å². The summed E-state index contributed by atoms with van der Waals surface area (Å²) in [7, 11) is 0. The van der Waals surface area contributed by atoms with E-state index in [9.17, 15) is 4.79 Å². The minimum absolute atomic E-state index is 0.0154. The molecule has 1 rings (SSSR count). The van der Waals surface area contributed by atoms with Crippen molar-refractivity contribution in [2.75, 3.05) is 19.8 Å². The van der Waals surface area contributed by atoms with Gasteiger partial charge in [-0.1, -0.05) is 13.8 Å². The highest BCUT2D eigenvalue weighted by molar-refractivity contribution is 5.70. The molecule has 1 amide bonds. The van der Waals surface area contributed by atoms with Crippen LogP contribution < -0.4 is 0 Å². The Labute approximate surface area is 72.1 Å². The van der Waals surface area contributed by atoms with E-state index in [1.165, 1.54) is 0 Å². The zero-order valence-electron chi connectivity index (χ0n) is 7.49. The number of ether oxygens (including phenoxy) is 1. The lowest BCUT2D eigenvalue weighted by Gasteiger charge is -2.21. The molecule has 1 aliphatic rings. The largest absolute Gasteiger partial charge is 0.447 e. The normalized spacial score (nSPS) is 23.5. The summed E-state index contributed by atoms with van der Waals surface area (Å²) in [6, 6.07) is -0.139. The molecule has 0 bridgehead atoms. The maximum Gasteiger partial charge on any atom is 0.410 e. The Hall–Kier alpha value is -0.770. The fraction of sp³-hybridized carbons (Fsp3) is 0.875. The van der Waals surface area contributed by atoms with E-state index in [1.54, 1.807) is 4.90 Å². The molecule has 0 saturated carbocycles. The molecule has 1 aliphatic heterocycles. The Kier molecular flexibility index (Phi) is 2.92. The second kappa shape index (κ2) is 3.76. The lowest BCUT2D eigenvalue weighted by atomic mass is 10.2. The fourth-order valence-corrected chi connectivity index (χ4v) is 1.26. The van der Waals surface area contributed by atoms with Crippen LogP contribution >= 0.6 is 0 Å². The van der Waals surface area contributed by atoms with E-state index in [4.69, 9.17) is 9.84 Å². The molecule has 0 aromatic heterocycles. The molecule has 0 spiro atoms. The number of hydrogen-bond donors (Lipinski definition) is 1. The highest BCUT2D eigenvalue weighted by Gasteiger charge is 2.32. The molecule has 4 heteroatoms. The minimum atomic E-state index is -0.303. The second-order valence-corrected chi connectivity index (χ2v) is 3.46. The maximum atomic E-state index is 11.1. The summed E-state index contributed by atoms with van der Waals surface area (Å²) < 4.78 is 4.80. The molecule has 1 N–H and O–H groups in total. The van der Waals surface area contributed by atoms with Crippen LogP contribution in [0, 0.1) is 5.92 Å². The first-order chi connectivity index (χ1) is 5.65. The molecule has 1 fully saturated rings. The predicted octanol–water partition coefficient (Wildman–Crippen LogP) is 0.455. The van der Waals surface area contributed by atoms with Gasteiger partial charge >= 0.3 is 6.09 Å². The summed E-state index contributed by atoms with van der Waals surface area (Å²) in [5.74, 6) is 0.407.